The highest BCUT2D eigenvalue weighted by Crippen LogP contribution is 2.26. The molecule has 7 nitrogen and oxygen atoms in total. The third-order valence-corrected chi connectivity index (χ3v) is 5.73. The van der Waals surface area contributed by atoms with Gasteiger partial charge < -0.3 is 15.8 Å². The Morgan fingerprint density at radius 3 is 2.68 bits per heavy atom. The van der Waals surface area contributed by atoms with Gasteiger partial charge in [-0.25, -0.2) is 8.42 Å². The Labute approximate surface area is 130 Å². The standard InChI is InChI=1S/C14H21N3O4S/c1-9-8-17(10(2)7-16-9)22(19,20)11-4-5-13(21-3)12(6-11)14(15)18/h4-6,9-10,16H,7-8H2,1-3H3,(H2,15,18). The van der Waals surface area contributed by atoms with Gasteiger partial charge in [-0.2, -0.15) is 4.31 Å². The van der Waals surface area contributed by atoms with E-state index in [0.29, 0.717) is 13.1 Å². The third-order valence-electron chi connectivity index (χ3n) is 3.75. The molecule has 1 aromatic carbocycles. The second kappa shape index (κ2) is 6.23. The minimum absolute atomic E-state index is 0.0445. The van der Waals surface area contributed by atoms with Crippen LogP contribution in [0.15, 0.2) is 23.1 Å². The molecular formula is C14H21N3O4S. The first kappa shape index (κ1) is 16.7. The van der Waals surface area contributed by atoms with E-state index in [2.05, 4.69) is 5.32 Å². The van der Waals surface area contributed by atoms with Gasteiger partial charge in [0.05, 0.1) is 17.6 Å². The maximum absolute atomic E-state index is 12.8. The molecule has 0 radical (unpaired) electrons. The summed E-state index contributed by atoms with van der Waals surface area (Å²) in [4.78, 5) is 11.5. The molecule has 3 N–H and O–H groups in total. The fraction of sp³-hybridized carbons (Fsp3) is 0.500. The van der Waals surface area contributed by atoms with Crippen LogP contribution in [0.3, 0.4) is 0 Å². The van der Waals surface area contributed by atoms with Gasteiger partial charge in [-0.05, 0) is 32.0 Å². The lowest BCUT2D eigenvalue weighted by atomic mass is 10.2. The lowest BCUT2D eigenvalue weighted by Crippen LogP contribution is -2.56. The maximum Gasteiger partial charge on any atom is 0.252 e. The molecule has 1 saturated heterocycles. The van der Waals surface area contributed by atoms with Gasteiger partial charge in [0, 0.05) is 25.2 Å². The Hall–Kier alpha value is -1.64. The molecule has 0 saturated carbocycles. The molecule has 1 aliphatic heterocycles. The summed E-state index contributed by atoms with van der Waals surface area (Å²) < 4.78 is 32.1. The summed E-state index contributed by atoms with van der Waals surface area (Å²) in [5.74, 6) is -0.469. The molecule has 2 atom stereocenters. The molecule has 8 heteroatoms. The number of nitrogens with one attached hydrogen (secondary N) is 1. The minimum atomic E-state index is -3.70. The van der Waals surface area contributed by atoms with Crippen molar-refractivity contribution in [3.8, 4) is 5.75 Å². The van der Waals surface area contributed by atoms with Crippen LogP contribution < -0.4 is 15.8 Å². The van der Waals surface area contributed by atoms with Crippen LogP contribution >= 0.6 is 0 Å². The van der Waals surface area contributed by atoms with Gasteiger partial charge in [-0.1, -0.05) is 0 Å². The summed E-state index contributed by atoms with van der Waals surface area (Å²) in [5, 5.41) is 3.23. The molecule has 2 unspecified atom stereocenters. The highest BCUT2D eigenvalue weighted by atomic mass is 32.2. The van der Waals surface area contributed by atoms with Gasteiger partial charge in [0.15, 0.2) is 0 Å². The Morgan fingerprint density at radius 2 is 2.09 bits per heavy atom. The van der Waals surface area contributed by atoms with Crippen molar-refractivity contribution >= 4 is 15.9 Å². The Morgan fingerprint density at radius 1 is 1.41 bits per heavy atom. The fourth-order valence-corrected chi connectivity index (χ4v) is 4.24. The first-order chi connectivity index (χ1) is 10.3. The van der Waals surface area contributed by atoms with Crippen LogP contribution in [0.1, 0.15) is 24.2 Å². The highest BCUT2D eigenvalue weighted by Gasteiger charge is 2.33. The summed E-state index contributed by atoms with van der Waals surface area (Å²) in [6, 6.07) is 4.05. The second-order valence-corrected chi connectivity index (χ2v) is 7.35. The molecule has 0 spiro atoms. The van der Waals surface area contributed by atoms with Crippen molar-refractivity contribution < 1.29 is 17.9 Å². The summed E-state index contributed by atoms with van der Waals surface area (Å²) in [7, 11) is -2.30. The summed E-state index contributed by atoms with van der Waals surface area (Å²) in [6.07, 6.45) is 0. The molecule has 2 rings (SSSR count). The van der Waals surface area contributed by atoms with Crippen LogP contribution in [0.2, 0.25) is 0 Å². The second-order valence-electron chi connectivity index (χ2n) is 5.46. The van der Waals surface area contributed by atoms with Crippen LogP contribution in [-0.2, 0) is 10.0 Å². The number of hydrogen-bond acceptors (Lipinski definition) is 5. The largest absolute Gasteiger partial charge is 0.496 e. The zero-order valence-electron chi connectivity index (χ0n) is 12.9. The van der Waals surface area contributed by atoms with Crippen molar-refractivity contribution in [2.45, 2.75) is 30.8 Å². The molecule has 1 aromatic rings. The van der Waals surface area contributed by atoms with E-state index in [1.165, 1.54) is 29.6 Å². The quantitative estimate of drug-likeness (QED) is 0.820. The monoisotopic (exact) mass is 327 g/mol. The first-order valence-electron chi connectivity index (χ1n) is 7.00. The molecule has 0 aromatic heterocycles. The van der Waals surface area contributed by atoms with Crippen LogP contribution in [0, 0.1) is 0 Å². The van der Waals surface area contributed by atoms with Gasteiger partial charge in [0.2, 0.25) is 10.0 Å². The molecular weight excluding hydrogens is 306 g/mol. The van der Waals surface area contributed by atoms with E-state index >= 15 is 0 Å². The number of ether oxygens (including phenoxy) is 1. The van der Waals surface area contributed by atoms with E-state index in [4.69, 9.17) is 10.5 Å². The third kappa shape index (κ3) is 3.08. The van der Waals surface area contributed by atoms with Crippen molar-refractivity contribution in [3.63, 3.8) is 0 Å². The average molecular weight is 327 g/mol. The minimum Gasteiger partial charge on any atom is -0.496 e. The number of hydrogen-bond donors (Lipinski definition) is 2. The number of primary amides is 1. The predicted molar refractivity (Wildman–Crippen MR) is 82.3 cm³/mol. The van der Waals surface area contributed by atoms with Crippen LogP contribution in [-0.4, -0.2) is 50.9 Å². The summed E-state index contributed by atoms with van der Waals surface area (Å²) in [5.41, 5.74) is 5.35. The van der Waals surface area contributed by atoms with Crippen molar-refractivity contribution in [3.05, 3.63) is 23.8 Å². The maximum atomic E-state index is 12.8. The predicted octanol–water partition coefficient (Wildman–Crippen LogP) is 0.165. The topological polar surface area (TPSA) is 102 Å². The van der Waals surface area contributed by atoms with Gasteiger partial charge in [0.25, 0.3) is 5.91 Å². The molecule has 0 bridgehead atoms. The van der Waals surface area contributed by atoms with E-state index in [9.17, 15) is 13.2 Å². The van der Waals surface area contributed by atoms with Gasteiger partial charge in [-0.15, -0.1) is 0 Å². The van der Waals surface area contributed by atoms with E-state index < -0.39 is 15.9 Å². The number of benzene rings is 1. The molecule has 1 aliphatic rings. The number of piperazine rings is 1. The van der Waals surface area contributed by atoms with Gasteiger partial charge in [0.1, 0.15) is 5.75 Å². The summed E-state index contributed by atoms with van der Waals surface area (Å²) in [6.45, 7) is 4.73. The van der Waals surface area contributed by atoms with Crippen LogP contribution in [0.5, 0.6) is 5.75 Å². The summed E-state index contributed by atoms with van der Waals surface area (Å²) >= 11 is 0. The Kier molecular flexibility index (Phi) is 4.74. The fourth-order valence-electron chi connectivity index (χ4n) is 2.50. The van der Waals surface area contributed by atoms with Crippen molar-refractivity contribution in [1.82, 2.24) is 9.62 Å². The number of sulfonamides is 1. The molecule has 22 heavy (non-hydrogen) atoms. The van der Waals surface area contributed by atoms with E-state index in [1.54, 1.807) is 0 Å². The molecule has 1 fully saturated rings. The molecule has 122 valence electrons. The smallest absolute Gasteiger partial charge is 0.252 e. The number of nitrogens with two attached hydrogens (primary N) is 1. The Balaban J connectivity index is 2.45. The molecule has 1 amide bonds. The van der Waals surface area contributed by atoms with Crippen molar-refractivity contribution in [2.24, 2.45) is 5.73 Å². The van der Waals surface area contributed by atoms with Gasteiger partial charge >= 0.3 is 0 Å². The van der Waals surface area contributed by atoms with Crippen LogP contribution in [0.4, 0.5) is 0 Å². The van der Waals surface area contributed by atoms with E-state index in [-0.39, 0.29) is 28.3 Å². The van der Waals surface area contributed by atoms with E-state index in [0.717, 1.165) is 0 Å². The number of carbonyl (C=O) groups excluding carboxylic acids is 1. The van der Waals surface area contributed by atoms with Crippen LogP contribution in [0.25, 0.3) is 0 Å². The lowest BCUT2D eigenvalue weighted by molar-refractivity contribution is 0.0997. The zero-order valence-corrected chi connectivity index (χ0v) is 13.7. The number of amides is 1. The number of rotatable bonds is 4. The number of nitrogens with zero attached hydrogens (tertiary/aromatic N) is 1. The number of methoxy groups -OCH3 is 1. The average Bonchev–Trinajstić information content (AvgIpc) is 2.48. The lowest BCUT2D eigenvalue weighted by Gasteiger charge is -2.36. The van der Waals surface area contributed by atoms with Crippen molar-refractivity contribution in [2.75, 3.05) is 20.2 Å². The first-order valence-corrected chi connectivity index (χ1v) is 8.44. The number of carbonyl (C=O) groups is 1. The zero-order chi connectivity index (χ0) is 16.5. The SMILES string of the molecule is COc1ccc(S(=O)(=O)N2CC(C)NCC2C)cc1C(N)=O. The van der Waals surface area contributed by atoms with Gasteiger partial charge in [-0.3, -0.25) is 4.79 Å². The van der Waals surface area contributed by atoms with Crippen molar-refractivity contribution in [1.29, 1.82) is 0 Å². The Bertz CT molecular complexity index is 675. The molecule has 0 aliphatic carbocycles. The highest BCUT2D eigenvalue weighted by molar-refractivity contribution is 7.89. The molecule has 1 heterocycles. The van der Waals surface area contributed by atoms with E-state index in [1.807, 2.05) is 13.8 Å². The normalized spacial score (nSPS) is 23.2.